The smallest absolute Gasteiger partial charge is 0.194 e. The summed E-state index contributed by atoms with van der Waals surface area (Å²) in [6, 6.07) is 31.1. The van der Waals surface area contributed by atoms with Crippen molar-refractivity contribution in [2.24, 2.45) is 11.8 Å². The Balaban J connectivity index is 1.05. The number of hydrogen-bond acceptors (Lipinski definition) is 5. The lowest BCUT2D eigenvalue weighted by Crippen LogP contribution is -2.01. The van der Waals surface area contributed by atoms with E-state index in [2.05, 4.69) is 113 Å². The van der Waals surface area contributed by atoms with Crippen molar-refractivity contribution < 1.29 is 4.79 Å². The summed E-state index contributed by atoms with van der Waals surface area (Å²) in [5.74, 6) is 1.71. The van der Waals surface area contributed by atoms with E-state index in [-0.39, 0.29) is 5.78 Å². The molecule has 6 aromatic rings. The van der Waals surface area contributed by atoms with Gasteiger partial charge in [-0.2, -0.15) is 0 Å². The lowest BCUT2D eigenvalue weighted by molar-refractivity contribution is 0.104. The van der Waals surface area contributed by atoms with Gasteiger partial charge in [-0.1, -0.05) is 103 Å². The minimum absolute atomic E-state index is 0.139. The molecule has 7 rings (SSSR count). The predicted octanol–water partition coefficient (Wildman–Crippen LogP) is 15.3. The lowest BCUT2D eigenvalue weighted by Gasteiger charge is -2.12. The first-order chi connectivity index (χ1) is 24.5. The first kappa shape index (κ1) is 35.3. The topological polar surface area (TPSA) is 17.1 Å². The van der Waals surface area contributed by atoms with Crippen molar-refractivity contribution >= 4 is 51.1 Å². The van der Waals surface area contributed by atoms with Crippen molar-refractivity contribution in [3.8, 4) is 51.5 Å². The molecule has 0 amide bonds. The summed E-state index contributed by atoms with van der Waals surface area (Å²) in [5.41, 5.74) is 5.99. The number of ketones is 1. The third kappa shape index (κ3) is 7.58. The van der Waals surface area contributed by atoms with E-state index in [1.54, 1.807) is 0 Å². The van der Waals surface area contributed by atoms with E-state index in [1.165, 1.54) is 103 Å². The van der Waals surface area contributed by atoms with Crippen LogP contribution in [0.25, 0.3) is 51.5 Å². The van der Waals surface area contributed by atoms with Gasteiger partial charge in [0.25, 0.3) is 0 Å². The van der Waals surface area contributed by atoms with Gasteiger partial charge >= 0.3 is 0 Å². The Kier molecular flexibility index (Phi) is 11.4. The minimum Gasteiger partial charge on any atom is -0.289 e. The molecule has 0 N–H and O–H groups in total. The Morgan fingerprint density at radius 1 is 0.460 bits per heavy atom. The van der Waals surface area contributed by atoms with Crippen molar-refractivity contribution in [2.75, 3.05) is 0 Å². The molecule has 4 aromatic heterocycles. The standard InChI is InChI=1S/C45H48OS4/c1-5-9-11-29(7-3)25-33-15-19-41(47-33)43-23-21-39(49-43)31-13-17-35-36-18-14-32(28-38(36)45(46)37(35)27-31)40-22-24-44(50-40)42-20-16-34(48-42)26-30(8-4)12-10-6-2/h13-24,27-30H,5-12,25-26H2,1-4H3. The molecule has 2 unspecified atom stereocenters. The Morgan fingerprint density at radius 2 is 0.860 bits per heavy atom. The van der Waals surface area contributed by atoms with E-state index in [1.807, 2.05) is 45.3 Å². The highest BCUT2D eigenvalue weighted by Gasteiger charge is 2.28. The number of carbonyl (C=O) groups is 1. The maximum atomic E-state index is 13.9. The van der Waals surface area contributed by atoms with Crippen LogP contribution in [-0.2, 0) is 12.8 Å². The summed E-state index contributed by atoms with van der Waals surface area (Å²) in [7, 11) is 0. The average Bonchev–Trinajstić information content (AvgIpc) is 3.99. The van der Waals surface area contributed by atoms with Crippen LogP contribution in [-0.4, -0.2) is 5.78 Å². The van der Waals surface area contributed by atoms with Crippen LogP contribution in [0.1, 0.15) is 105 Å². The second-order valence-corrected chi connectivity index (χ2v) is 18.5. The zero-order valence-electron chi connectivity index (χ0n) is 29.8. The van der Waals surface area contributed by atoms with E-state index in [0.717, 1.165) is 45.2 Å². The molecule has 2 atom stereocenters. The van der Waals surface area contributed by atoms with Gasteiger partial charge in [0.1, 0.15) is 0 Å². The van der Waals surface area contributed by atoms with Gasteiger partial charge in [0, 0.05) is 50.1 Å². The van der Waals surface area contributed by atoms with E-state index >= 15 is 0 Å². The van der Waals surface area contributed by atoms with E-state index in [9.17, 15) is 4.79 Å². The summed E-state index contributed by atoms with van der Waals surface area (Å²) in [4.78, 5) is 24.6. The number of thiophene rings is 4. The SMILES string of the molecule is CCCCC(CC)Cc1ccc(-c2ccc(-c3ccc4c(c3)C(=O)c3cc(-c5ccc(-c6ccc(CC(CC)CCCC)s6)s5)ccc3-4)s2)s1. The van der Waals surface area contributed by atoms with Gasteiger partial charge in [-0.05, 0) is 108 Å². The summed E-state index contributed by atoms with van der Waals surface area (Å²) in [5, 5.41) is 0. The highest BCUT2D eigenvalue weighted by Crippen LogP contribution is 2.45. The molecule has 50 heavy (non-hydrogen) atoms. The van der Waals surface area contributed by atoms with Crippen LogP contribution >= 0.6 is 45.3 Å². The number of hydrogen-bond donors (Lipinski definition) is 0. The van der Waals surface area contributed by atoms with Crippen molar-refractivity contribution in [3.05, 3.63) is 106 Å². The minimum atomic E-state index is 0.139. The Bertz CT molecular complexity index is 1920. The van der Waals surface area contributed by atoms with Gasteiger partial charge in [0.05, 0.1) is 0 Å². The highest BCUT2D eigenvalue weighted by molar-refractivity contribution is 7.24. The van der Waals surface area contributed by atoms with Crippen LogP contribution in [0.3, 0.4) is 0 Å². The largest absolute Gasteiger partial charge is 0.289 e. The Hall–Kier alpha value is -3.09. The molecule has 0 bridgehead atoms. The molecule has 0 fully saturated rings. The molecule has 5 heteroatoms. The second kappa shape index (κ2) is 16.1. The molecule has 2 aromatic carbocycles. The van der Waals surface area contributed by atoms with Crippen LogP contribution < -0.4 is 0 Å². The van der Waals surface area contributed by atoms with Crippen LogP contribution in [0.5, 0.6) is 0 Å². The fraction of sp³-hybridized carbons (Fsp3) is 0.356. The normalized spacial score (nSPS) is 13.5. The van der Waals surface area contributed by atoms with Crippen molar-refractivity contribution in [1.82, 2.24) is 0 Å². The van der Waals surface area contributed by atoms with Gasteiger partial charge in [0.2, 0.25) is 0 Å². The average molecular weight is 733 g/mol. The third-order valence-corrected chi connectivity index (χ3v) is 15.4. The zero-order chi connectivity index (χ0) is 34.6. The van der Waals surface area contributed by atoms with Gasteiger partial charge in [0.15, 0.2) is 5.78 Å². The first-order valence-corrected chi connectivity index (χ1v) is 22.0. The van der Waals surface area contributed by atoms with Crippen LogP contribution in [0.4, 0.5) is 0 Å². The third-order valence-electron chi connectivity index (χ3n) is 10.5. The van der Waals surface area contributed by atoms with Crippen molar-refractivity contribution in [3.63, 3.8) is 0 Å². The van der Waals surface area contributed by atoms with E-state index < -0.39 is 0 Å². The fourth-order valence-corrected chi connectivity index (χ4v) is 11.8. The second-order valence-electron chi connectivity index (χ2n) is 14.0. The molecule has 0 radical (unpaired) electrons. The number of unbranched alkanes of at least 4 members (excludes halogenated alkanes) is 2. The molecule has 0 saturated carbocycles. The van der Waals surface area contributed by atoms with Crippen molar-refractivity contribution in [2.45, 2.75) is 91.9 Å². The molecular weight excluding hydrogens is 685 g/mol. The van der Waals surface area contributed by atoms with Crippen LogP contribution in [0.15, 0.2) is 84.9 Å². The molecule has 0 spiro atoms. The summed E-state index contributed by atoms with van der Waals surface area (Å²) in [6.45, 7) is 9.23. The summed E-state index contributed by atoms with van der Waals surface area (Å²) >= 11 is 7.56. The van der Waals surface area contributed by atoms with Gasteiger partial charge < -0.3 is 0 Å². The number of carbonyl (C=O) groups excluding carboxylic acids is 1. The quantitative estimate of drug-likeness (QED) is 0.0967. The maximum absolute atomic E-state index is 13.9. The number of benzene rings is 2. The molecule has 1 aliphatic carbocycles. The van der Waals surface area contributed by atoms with Gasteiger partial charge in [-0.3, -0.25) is 4.79 Å². The van der Waals surface area contributed by atoms with Gasteiger partial charge in [-0.25, -0.2) is 0 Å². The molecule has 1 nitrogen and oxygen atoms in total. The predicted molar refractivity (Wildman–Crippen MR) is 223 cm³/mol. The maximum Gasteiger partial charge on any atom is 0.194 e. The Labute approximate surface area is 315 Å². The lowest BCUT2D eigenvalue weighted by atomic mass is 9.95. The van der Waals surface area contributed by atoms with Gasteiger partial charge in [-0.15, -0.1) is 45.3 Å². The van der Waals surface area contributed by atoms with E-state index in [4.69, 9.17) is 0 Å². The first-order valence-electron chi connectivity index (χ1n) is 18.7. The molecular formula is C45H48OS4. The highest BCUT2D eigenvalue weighted by atomic mass is 32.1. The fourth-order valence-electron chi connectivity index (χ4n) is 7.33. The zero-order valence-corrected chi connectivity index (χ0v) is 33.1. The Morgan fingerprint density at radius 3 is 1.28 bits per heavy atom. The summed E-state index contributed by atoms with van der Waals surface area (Å²) < 4.78 is 0. The molecule has 0 saturated heterocycles. The monoisotopic (exact) mass is 732 g/mol. The molecule has 0 aliphatic heterocycles. The van der Waals surface area contributed by atoms with Crippen LogP contribution in [0, 0.1) is 11.8 Å². The number of rotatable bonds is 16. The molecule has 1 aliphatic rings. The number of fused-ring (bicyclic) bond motifs is 3. The van der Waals surface area contributed by atoms with E-state index in [0.29, 0.717) is 0 Å². The molecule has 258 valence electrons. The summed E-state index contributed by atoms with van der Waals surface area (Å²) in [6.07, 6.45) is 12.7. The van der Waals surface area contributed by atoms with Crippen molar-refractivity contribution in [1.29, 1.82) is 0 Å². The van der Waals surface area contributed by atoms with Crippen LogP contribution in [0.2, 0.25) is 0 Å². The molecule has 4 heterocycles.